The minimum Gasteiger partial charge on any atom is -0.361 e. The van der Waals surface area contributed by atoms with Crippen LogP contribution in [0.5, 0.6) is 0 Å². The lowest BCUT2D eigenvalue weighted by Gasteiger charge is -2.07. The topological polar surface area (TPSA) is 46.5 Å². The van der Waals surface area contributed by atoms with Gasteiger partial charge in [-0.05, 0) is 23.8 Å². The van der Waals surface area contributed by atoms with E-state index in [4.69, 9.17) is 0 Å². The number of rotatable bonds is 2. The highest BCUT2D eigenvalue weighted by Gasteiger charge is 2.29. The van der Waals surface area contributed by atoms with Crippen molar-refractivity contribution in [3.05, 3.63) is 48.7 Å². The van der Waals surface area contributed by atoms with Gasteiger partial charge in [-0.1, -0.05) is 29.5 Å². The van der Waals surface area contributed by atoms with E-state index in [1.54, 1.807) is 12.1 Å². The smallest absolute Gasteiger partial charge is 0.361 e. The van der Waals surface area contributed by atoms with Gasteiger partial charge in [0.25, 0.3) is 0 Å². The lowest BCUT2D eigenvalue weighted by molar-refractivity contribution is -0.142. The molecule has 0 spiro atoms. The predicted octanol–water partition coefficient (Wildman–Crippen LogP) is 4.14. The van der Waals surface area contributed by atoms with Crippen LogP contribution in [0.15, 0.2) is 48.7 Å². The summed E-state index contributed by atoms with van der Waals surface area (Å²) in [5.74, 6) is 0. The van der Waals surface area contributed by atoms with E-state index in [0.29, 0.717) is 11.0 Å². The first kappa shape index (κ1) is 13.8. The summed E-state index contributed by atoms with van der Waals surface area (Å²) in [5, 5.41) is 8.41. The monoisotopic (exact) mass is 316 g/mol. The fraction of sp³-hybridized carbons (Fsp3) is 0.125. The molecule has 0 aliphatic heterocycles. The molecule has 0 atom stereocenters. The number of aromatic amines is 1. The standard InChI is InChI=1S/C16H11F3N4/c17-16(18,19)9-23-15-7-10(5-6-14(15)21-22-23)12-8-20-13-4-2-1-3-11(12)13/h1-8,20H,9H2. The van der Waals surface area contributed by atoms with Gasteiger partial charge in [0.15, 0.2) is 0 Å². The third kappa shape index (κ3) is 2.44. The number of nitrogens with zero attached hydrogens (tertiary/aromatic N) is 3. The van der Waals surface area contributed by atoms with E-state index in [-0.39, 0.29) is 0 Å². The van der Waals surface area contributed by atoms with Gasteiger partial charge >= 0.3 is 6.18 Å². The number of benzene rings is 2. The quantitative estimate of drug-likeness (QED) is 0.604. The normalized spacial score (nSPS) is 12.3. The molecule has 0 aliphatic rings. The van der Waals surface area contributed by atoms with Crippen molar-refractivity contribution in [1.29, 1.82) is 0 Å². The van der Waals surface area contributed by atoms with E-state index in [9.17, 15) is 13.2 Å². The fourth-order valence-corrected chi connectivity index (χ4v) is 2.73. The van der Waals surface area contributed by atoms with Crippen LogP contribution in [-0.2, 0) is 6.54 Å². The SMILES string of the molecule is FC(F)(F)Cn1nnc2ccc(-c3c[nH]c4ccccc34)cc21. The van der Waals surface area contributed by atoms with Crippen LogP contribution in [0.1, 0.15) is 0 Å². The number of H-pyrrole nitrogens is 1. The summed E-state index contributed by atoms with van der Waals surface area (Å²) < 4.78 is 38.8. The summed E-state index contributed by atoms with van der Waals surface area (Å²) in [7, 11) is 0. The van der Waals surface area contributed by atoms with Crippen LogP contribution in [0.2, 0.25) is 0 Å². The van der Waals surface area contributed by atoms with E-state index in [0.717, 1.165) is 26.7 Å². The van der Waals surface area contributed by atoms with E-state index >= 15 is 0 Å². The molecule has 0 amide bonds. The molecule has 0 bridgehead atoms. The zero-order chi connectivity index (χ0) is 16.0. The van der Waals surface area contributed by atoms with Crippen molar-refractivity contribution in [2.45, 2.75) is 12.7 Å². The predicted molar refractivity (Wildman–Crippen MR) is 80.9 cm³/mol. The van der Waals surface area contributed by atoms with E-state index in [1.165, 1.54) is 0 Å². The highest BCUT2D eigenvalue weighted by Crippen LogP contribution is 2.30. The Morgan fingerprint density at radius 1 is 1.09 bits per heavy atom. The van der Waals surface area contributed by atoms with E-state index in [2.05, 4.69) is 15.3 Å². The molecule has 7 heteroatoms. The number of para-hydroxylation sites is 1. The lowest BCUT2D eigenvalue weighted by Crippen LogP contribution is -2.18. The molecule has 4 nitrogen and oxygen atoms in total. The molecule has 0 unspecified atom stereocenters. The van der Waals surface area contributed by atoms with Gasteiger partial charge in [0, 0.05) is 22.7 Å². The molecule has 0 radical (unpaired) electrons. The molecule has 0 aliphatic carbocycles. The summed E-state index contributed by atoms with van der Waals surface area (Å²) in [6.45, 7) is -1.15. The molecule has 4 rings (SSSR count). The van der Waals surface area contributed by atoms with Crippen molar-refractivity contribution in [3.63, 3.8) is 0 Å². The molecule has 1 N–H and O–H groups in total. The average Bonchev–Trinajstić information content (AvgIpc) is 3.10. The van der Waals surface area contributed by atoms with Gasteiger partial charge in [-0.2, -0.15) is 13.2 Å². The Labute approximate surface area is 128 Å². The molecule has 2 aromatic heterocycles. The maximum Gasteiger partial charge on any atom is 0.408 e. The number of fused-ring (bicyclic) bond motifs is 2. The Bertz CT molecular complexity index is 997. The third-order valence-corrected chi connectivity index (χ3v) is 3.74. The zero-order valence-corrected chi connectivity index (χ0v) is 11.8. The van der Waals surface area contributed by atoms with Gasteiger partial charge in [0.05, 0.1) is 5.52 Å². The van der Waals surface area contributed by atoms with Crippen LogP contribution < -0.4 is 0 Å². The number of hydrogen-bond acceptors (Lipinski definition) is 2. The summed E-state index contributed by atoms with van der Waals surface area (Å²) in [6.07, 6.45) is -2.48. The number of hydrogen-bond donors (Lipinski definition) is 1. The molecule has 4 aromatic rings. The van der Waals surface area contributed by atoms with Crippen LogP contribution in [-0.4, -0.2) is 26.2 Å². The first-order valence-corrected chi connectivity index (χ1v) is 6.98. The van der Waals surface area contributed by atoms with Gasteiger partial charge in [-0.25, -0.2) is 4.68 Å². The molecule has 0 fully saturated rings. The minimum absolute atomic E-state index is 0.366. The van der Waals surface area contributed by atoms with Crippen LogP contribution in [0.4, 0.5) is 13.2 Å². The van der Waals surface area contributed by atoms with Gasteiger partial charge in [0.2, 0.25) is 0 Å². The summed E-state index contributed by atoms with van der Waals surface area (Å²) in [4.78, 5) is 3.16. The second kappa shape index (κ2) is 4.84. The van der Waals surface area contributed by atoms with Gasteiger partial charge in [-0.3, -0.25) is 0 Å². The molecule has 23 heavy (non-hydrogen) atoms. The summed E-state index contributed by atoms with van der Waals surface area (Å²) >= 11 is 0. The molecule has 0 saturated heterocycles. The van der Waals surface area contributed by atoms with Crippen LogP contribution in [0.25, 0.3) is 33.1 Å². The van der Waals surface area contributed by atoms with Gasteiger partial charge in [-0.15, -0.1) is 5.10 Å². The fourth-order valence-electron chi connectivity index (χ4n) is 2.73. The Balaban J connectivity index is 1.86. The number of halogens is 3. The maximum absolute atomic E-state index is 12.6. The van der Waals surface area contributed by atoms with Crippen LogP contribution in [0, 0.1) is 0 Å². The largest absolute Gasteiger partial charge is 0.408 e. The molecule has 2 aromatic carbocycles. The Kier molecular flexibility index (Phi) is 2.90. The molecular formula is C16H11F3N4. The highest BCUT2D eigenvalue weighted by atomic mass is 19.4. The van der Waals surface area contributed by atoms with E-state index in [1.807, 2.05) is 36.5 Å². The second-order valence-corrected chi connectivity index (χ2v) is 5.31. The first-order chi connectivity index (χ1) is 11.0. The lowest BCUT2D eigenvalue weighted by atomic mass is 10.0. The van der Waals surface area contributed by atoms with Gasteiger partial charge in [0.1, 0.15) is 12.1 Å². The molecule has 0 saturated carbocycles. The van der Waals surface area contributed by atoms with Crippen LogP contribution >= 0.6 is 0 Å². The van der Waals surface area contributed by atoms with Crippen molar-refractivity contribution >= 4 is 21.9 Å². The van der Waals surface area contributed by atoms with Crippen molar-refractivity contribution in [2.24, 2.45) is 0 Å². The third-order valence-electron chi connectivity index (χ3n) is 3.74. The molecule has 2 heterocycles. The highest BCUT2D eigenvalue weighted by molar-refractivity contribution is 5.97. The Morgan fingerprint density at radius 3 is 2.74 bits per heavy atom. The van der Waals surface area contributed by atoms with Crippen molar-refractivity contribution in [3.8, 4) is 11.1 Å². The van der Waals surface area contributed by atoms with Crippen molar-refractivity contribution in [2.75, 3.05) is 0 Å². The Hall–Kier alpha value is -2.83. The molecule has 116 valence electrons. The van der Waals surface area contributed by atoms with Gasteiger partial charge < -0.3 is 4.98 Å². The average molecular weight is 316 g/mol. The number of alkyl halides is 3. The Morgan fingerprint density at radius 2 is 1.91 bits per heavy atom. The minimum atomic E-state index is -4.34. The second-order valence-electron chi connectivity index (χ2n) is 5.31. The number of aromatic nitrogens is 4. The first-order valence-electron chi connectivity index (χ1n) is 6.98. The summed E-state index contributed by atoms with van der Waals surface area (Å²) in [5.41, 5.74) is 3.54. The number of nitrogens with one attached hydrogen (secondary N) is 1. The van der Waals surface area contributed by atoms with Crippen molar-refractivity contribution in [1.82, 2.24) is 20.0 Å². The van der Waals surface area contributed by atoms with Crippen molar-refractivity contribution < 1.29 is 13.2 Å². The summed E-state index contributed by atoms with van der Waals surface area (Å²) in [6, 6.07) is 13.0. The maximum atomic E-state index is 12.6. The van der Waals surface area contributed by atoms with E-state index < -0.39 is 12.7 Å². The molecular weight excluding hydrogens is 305 g/mol. The zero-order valence-electron chi connectivity index (χ0n) is 11.8. The van der Waals surface area contributed by atoms with Crippen LogP contribution in [0.3, 0.4) is 0 Å².